The van der Waals surface area contributed by atoms with Crippen LogP contribution in [-0.4, -0.2) is 28.9 Å². The first-order valence-electron chi connectivity index (χ1n) is 7.46. The first kappa shape index (κ1) is 16.3. The number of halogens is 2. The van der Waals surface area contributed by atoms with Crippen LogP contribution in [0.5, 0.6) is 0 Å². The maximum absolute atomic E-state index is 13.5. The highest BCUT2D eigenvalue weighted by Crippen LogP contribution is 2.31. The SMILES string of the molecule is CC1CCC(O)(CNCC(O)c2ccc(F)cc2F)CC1. The third-order valence-electron chi connectivity index (χ3n) is 4.32. The predicted octanol–water partition coefficient (Wildman–Crippen LogP) is 2.53. The molecule has 0 saturated heterocycles. The summed E-state index contributed by atoms with van der Waals surface area (Å²) in [6.07, 6.45) is 2.40. The van der Waals surface area contributed by atoms with Gasteiger partial charge >= 0.3 is 0 Å². The van der Waals surface area contributed by atoms with Crippen molar-refractivity contribution in [2.75, 3.05) is 13.1 Å². The molecule has 5 heteroatoms. The Morgan fingerprint density at radius 1 is 1.33 bits per heavy atom. The fourth-order valence-electron chi connectivity index (χ4n) is 2.80. The van der Waals surface area contributed by atoms with Crippen LogP contribution < -0.4 is 5.32 Å². The molecule has 118 valence electrons. The zero-order valence-electron chi connectivity index (χ0n) is 12.3. The molecule has 0 amide bonds. The average Bonchev–Trinajstić information content (AvgIpc) is 2.42. The van der Waals surface area contributed by atoms with Crippen molar-refractivity contribution in [3.8, 4) is 0 Å². The van der Waals surface area contributed by atoms with E-state index in [1.165, 1.54) is 6.07 Å². The fourth-order valence-corrected chi connectivity index (χ4v) is 2.80. The molecule has 1 fully saturated rings. The first-order valence-corrected chi connectivity index (χ1v) is 7.46. The lowest BCUT2D eigenvalue weighted by Crippen LogP contribution is -2.44. The highest BCUT2D eigenvalue weighted by molar-refractivity contribution is 5.21. The minimum atomic E-state index is -1.06. The highest BCUT2D eigenvalue weighted by Gasteiger charge is 2.31. The van der Waals surface area contributed by atoms with Gasteiger partial charge in [0.25, 0.3) is 0 Å². The molecular weight excluding hydrogens is 276 g/mol. The summed E-state index contributed by atoms with van der Waals surface area (Å²) >= 11 is 0. The van der Waals surface area contributed by atoms with Crippen LogP contribution >= 0.6 is 0 Å². The monoisotopic (exact) mass is 299 g/mol. The quantitative estimate of drug-likeness (QED) is 0.783. The van der Waals surface area contributed by atoms with Crippen LogP contribution in [0.15, 0.2) is 18.2 Å². The van der Waals surface area contributed by atoms with E-state index in [4.69, 9.17) is 0 Å². The number of aliphatic hydroxyl groups is 2. The van der Waals surface area contributed by atoms with Crippen LogP contribution in [-0.2, 0) is 0 Å². The molecule has 1 atom stereocenters. The van der Waals surface area contributed by atoms with Crippen molar-refractivity contribution in [1.29, 1.82) is 0 Å². The smallest absolute Gasteiger partial charge is 0.131 e. The molecule has 0 heterocycles. The molecule has 2 rings (SSSR count). The van der Waals surface area contributed by atoms with Gasteiger partial charge in [-0.1, -0.05) is 13.0 Å². The van der Waals surface area contributed by atoms with Crippen molar-refractivity contribution in [2.24, 2.45) is 5.92 Å². The number of nitrogens with one attached hydrogen (secondary N) is 1. The number of rotatable bonds is 5. The number of hydrogen-bond acceptors (Lipinski definition) is 3. The molecule has 0 aromatic heterocycles. The molecule has 1 aliphatic carbocycles. The number of benzene rings is 1. The van der Waals surface area contributed by atoms with E-state index in [0.717, 1.165) is 37.8 Å². The second-order valence-corrected chi connectivity index (χ2v) is 6.22. The molecule has 1 aliphatic rings. The topological polar surface area (TPSA) is 52.5 Å². The third kappa shape index (κ3) is 4.46. The fraction of sp³-hybridized carbons (Fsp3) is 0.625. The standard InChI is InChI=1S/C16H23F2NO2/c1-11-4-6-16(21,7-5-11)10-19-9-15(20)13-3-2-12(17)8-14(13)18/h2-3,8,11,15,19-21H,4-7,9-10H2,1H3. The van der Waals surface area contributed by atoms with E-state index in [1.54, 1.807) is 0 Å². The number of aliphatic hydroxyl groups excluding tert-OH is 1. The maximum atomic E-state index is 13.5. The molecule has 21 heavy (non-hydrogen) atoms. The summed E-state index contributed by atoms with van der Waals surface area (Å²) in [4.78, 5) is 0. The van der Waals surface area contributed by atoms with Gasteiger partial charge in [-0.2, -0.15) is 0 Å². The highest BCUT2D eigenvalue weighted by atomic mass is 19.1. The van der Waals surface area contributed by atoms with E-state index >= 15 is 0 Å². The molecule has 0 bridgehead atoms. The van der Waals surface area contributed by atoms with Gasteiger partial charge in [0.1, 0.15) is 11.6 Å². The van der Waals surface area contributed by atoms with Gasteiger partial charge in [0.15, 0.2) is 0 Å². The van der Waals surface area contributed by atoms with Crippen molar-refractivity contribution in [3.05, 3.63) is 35.4 Å². The summed E-state index contributed by atoms with van der Waals surface area (Å²) in [7, 11) is 0. The van der Waals surface area contributed by atoms with E-state index in [1.807, 2.05) is 0 Å². The summed E-state index contributed by atoms with van der Waals surface area (Å²) in [5.74, 6) is -0.777. The van der Waals surface area contributed by atoms with Crippen LogP contribution in [0.3, 0.4) is 0 Å². The molecule has 3 nitrogen and oxygen atoms in total. The van der Waals surface area contributed by atoms with Crippen LogP contribution in [0.25, 0.3) is 0 Å². The Morgan fingerprint density at radius 3 is 2.62 bits per heavy atom. The molecule has 3 N–H and O–H groups in total. The number of hydrogen-bond donors (Lipinski definition) is 3. The van der Waals surface area contributed by atoms with Crippen molar-refractivity contribution in [3.63, 3.8) is 0 Å². The van der Waals surface area contributed by atoms with Crippen LogP contribution in [0.4, 0.5) is 8.78 Å². The van der Waals surface area contributed by atoms with Crippen molar-refractivity contribution in [1.82, 2.24) is 5.32 Å². The first-order chi connectivity index (χ1) is 9.89. The Kier molecular flexibility index (Phi) is 5.30. The van der Waals surface area contributed by atoms with Gasteiger partial charge in [-0.25, -0.2) is 8.78 Å². The van der Waals surface area contributed by atoms with Crippen molar-refractivity contribution >= 4 is 0 Å². The Morgan fingerprint density at radius 2 is 2.00 bits per heavy atom. The second-order valence-electron chi connectivity index (χ2n) is 6.22. The van der Waals surface area contributed by atoms with Gasteiger partial charge in [0.05, 0.1) is 11.7 Å². The zero-order chi connectivity index (χ0) is 15.5. The predicted molar refractivity (Wildman–Crippen MR) is 76.8 cm³/mol. The molecular formula is C16H23F2NO2. The van der Waals surface area contributed by atoms with Gasteiger partial charge in [0, 0.05) is 24.7 Å². The summed E-state index contributed by atoms with van der Waals surface area (Å²) in [6, 6.07) is 3.13. The summed E-state index contributed by atoms with van der Waals surface area (Å²) in [6.45, 7) is 2.67. The van der Waals surface area contributed by atoms with Gasteiger partial charge in [-0.3, -0.25) is 0 Å². The lowest BCUT2D eigenvalue weighted by Gasteiger charge is -2.35. The molecule has 0 radical (unpaired) electrons. The van der Waals surface area contributed by atoms with Gasteiger partial charge in [-0.05, 0) is 37.7 Å². The van der Waals surface area contributed by atoms with E-state index in [9.17, 15) is 19.0 Å². The van der Waals surface area contributed by atoms with Crippen molar-refractivity contribution in [2.45, 2.75) is 44.3 Å². The van der Waals surface area contributed by atoms with Gasteiger partial charge in [-0.15, -0.1) is 0 Å². The molecule has 1 aromatic carbocycles. The molecule has 1 aromatic rings. The summed E-state index contributed by atoms with van der Waals surface area (Å²) in [5.41, 5.74) is -0.679. The maximum Gasteiger partial charge on any atom is 0.131 e. The van der Waals surface area contributed by atoms with E-state index in [2.05, 4.69) is 12.2 Å². The zero-order valence-corrected chi connectivity index (χ0v) is 12.3. The molecule has 0 aliphatic heterocycles. The molecule has 1 saturated carbocycles. The minimum absolute atomic E-state index is 0.0631. The largest absolute Gasteiger partial charge is 0.389 e. The van der Waals surface area contributed by atoms with E-state index in [-0.39, 0.29) is 12.1 Å². The Bertz CT molecular complexity index is 473. The second kappa shape index (κ2) is 6.81. The van der Waals surface area contributed by atoms with Crippen LogP contribution in [0.2, 0.25) is 0 Å². The molecule has 1 unspecified atom stereocenters. The average molecular weight is 299 g/mol. The van der Waals surface area contributed by atoms with Gasteiger partial charge in [0.2, 0.25) is 0 Å². The lowest BCUT2D eigenvalue weighted by molar-refractivity contribution is -0.00809. The van der Waals surface area contributed by atoms with Gasteiger partial charge < -0.3 is 15.5 Å². The lowest BCUT2D eigenvalue weighted by atomic mass is 9.79. The minimum Gasteiger partial charge on any atom is -0.389 e. The normalized spacial score (nSPS) is 27.6. The molecule has 0 spiro atoms. The van der Waals surface area contributed by atoms with Crippen molar-refractivity contribution < 1.29 is 19.0 Å². The summed E-state index contributed by atoms with van der Waals surface area (Å²) < 4.78 is 26.3. The third-order valence-corrected chi connectivity index (χ3v) is 4.32. The Hall–Kier alpha value is -1.04. The van der Waals surface area contributed by atoms with E-state index in [0.29, 0.717) is 12.5 Å². The summed E-state index contributed by atoms with van der Waals surface area (Å²) in [5, 5.41) is 23.3. The Labute approximate surface area is 124 Å². The van der Waals surface area contributed by atoms with Crippen LogP contribution in [0, 0.1) is 17.6 Å². The Balaban J connectivity index is 1.82. The van der Waals surface area contributed by atoms with E-state index < -0.39 is 23.3 Å². The van der Waals surface area contributed by atoms with Crippen LogP contribution in [0.1, 0.15) is 44.3 Å².